The molecule has 2 aliphatic heterocycles. The van der Waals surface area contributed by atoms with Crippen molar-refractivity contribution >= 4 is 17.6 Å². The van der Waals surface area contributed by atoms with Crippen LogP contribution < -0.4 is 15.4 Å². The number of nitrogens with zero attached hydrogens (tertiary/aromatic N) is 4. The zero-order valence-electron chi connectivity index (χ0n) is 18.7. The van der Waals surface area contributed by atoms with Gasteiger partial charge in [-0.1, -0.05) is 31.0 Å². The molecule has 0 spiro atoms. The zero-order valence-corrected chi connectivity index (χ0v) is 18.7. The summed E-state index contributed by atoms with van der Waals surface area (Å²) in [5.74, 6) is 1.99. The van der Waals surface area contributed by atoms with Gasteiger partial charge in [-0.2, -0.15) is 5.26 Å². The Hall–Kier alpha value is -3.60. The van der Waals surface area contributed by atoms with Crippen LogP contribution in [0.1, 0.15) is 37.7 Å². The molecule has 0 bridgehead atoms. The van der Waals surface area contributed by atoms with Crippen LogP contribution in [0, 0.1) is 17.4 Å². The maximum atomic E-state index is 12.9. The number of pyridine rings is 1. The molecule has 2 atom stereocenters. The maximum Gasteiger partial charge on any atom is 0.264 e. The first-order chi connectivity index (χ1) is 16.2. The Labute approximate surface area is 194 Å². The second-order valence-corrected chi connectivity index (χ2v) is 8.55. The summed E-state index contributed by atoms with van der Waals surface area (Å²) < 4.78 is 5.88. The smallest absolute Gasteiger partial charge is 0.264 e. The lowest BCUT2D eigenvalue weighted by atomic mass is 10.0. The van der Waals surface area contributed by atoms with E-state index in [1.165, 1.54) is 0 Å². The molecule has 2 aromatic rings. The third-order valence-corrected chi connectivity index (χ3v) is 6.21. The molecule has 8 heteroatoms. The molecule has 1 amide bonds. The van der Waals surface area contributed by atoms with Crippen molar-refractivity contribution in [3.8, 4) is 11.9 Å². The fourth-order valence-electron chi connectivity index (χ4n) is 4.47. The minimum absolute atomic E-state index is 0.129. The van der Waals surface area contributed by atoms with Gasteiger partial charge in [0.25, 0.3) is 5.91 Å². The van der Waals surface area contributed by atoms with E-state index in [9.17, 15) is 4.79 Å². The van der Waals surface area contributed by atoms with Crippen molar-refractivity contribution in [3.63, 3.8) is 0 Å². The number of carbonyl (C=O) groups excluding carboxylic acids is 1. The average molecular weight is 447 g/mol. The Bertz CT molecular complexity index is 978. The molecule has 1 aromatic heterocycles. The monoisotopic (exact) mass is 446 g/mol. The normalized spacial score (nSPS) is 19.5. The van der Waals surface area contributed by atoms with Gasteiger partial charge in [-0.15, -0.1) is 4.99 Å². The first kappa shape index (κ1) is 22.6. The van der Waals surface area contributed by atoms with Crippen LogP contribution in [0.5, 0.6) is 5.75 Å². The summed E-state index contributed by atoms with van der Waals surface area (Å²) in [5, 5.41) is 15.2. The first-order valence-corrected chi connectivity index (χ1v) is 11.6. The highest BCUT2D eigenvalue weighted by molar-refractivity contribution is 5.94. The van der Waals surface area contributed by atoms with Crippen LogP contribution in [0.15, 0.2) is 53.8 Å². The van der Waals surface area contributed by atoms with E-state index in [0.29, 0.717) is 18.3 Å². The molecular weight excluding hydrogens is 416 g/mol. The molecule has 0 radical (unpaired) electrons. The quantitative estimate of drug-likeness (QED) is 0.279. The number of guanidine groups is 1. The number of carbonyl (C=O) groups is 1. The van der Waals surface area contributed by atoms with Gasteiger partial charge in [-0.05, 0) is 48.9 Å². The number of benzene rings is 1. The van der Waals surface area contributed by atoms with Crippen molar-refractivity contribution in [2.75, 3.05) is 25.0 Å². The minimum Gasteiger partial charge on any atom is -0.480 e. The highest BCUT2D eigenvalue weighted by atomic mass is 16.5. The van der Waals surface area contributed by atoms with E-state index in [1.54, 1.807) is 12.4 Å². The number of amides is 1. The van der Waals surface area contributed by atoms with Crippen molar-refractivity contribution in [1.29, 1.82) is 5.26 Å². The molecule has 3 heterocycles. The van der Waals surface area contributed by atoms with E-state index in [0.717, 1.165) is 68.7 Å². The molecule has 2 N–H and O–H groups in total. The third-order valence-electron chi connectivity index (χ3n) is 6.21. The van der Waals surface area contributed by atoms with E-state index in [1.807, 2.05) is 47.5 Å². The summed E-state index contributed by atoms with van der Waals surface area (Å²) in [6.07, 6.45) is 10.9. The molecule has 172 valence electrons. The number of aromatic nitrogens is 1. The molecule has 33 heavy (non-hydrogen) atoms. The highest BCUT2D eigenvalue weighted by Gasteiger charge is 2.35. The molecule has 2 unspecified atom stereocenters. The van der Waals surface area contributed by atoms with Gasteiger partial charge in [0.15, 0.2) is 6.10 Å². The number of ether oxygens (including phenoxy) is 1. The molecule has 1 fully saturated rings. The van der Waals surface area contributed by atoms with Crippen LogP contribution in [0.2, 0.25) is 0 Å². The summed E-state index contributed by atoms with van der Waals surface area (Å²) in [6.45, 7) is 2.41. The summed E-state index contributed by atoms with van der Waals surface area (Å²) in [7, 11) is 0. The first-order valence-electron chi connectivity index (χ1n) is 11.6. The van der Waals surface area contributed by atoms with Crippen molar-refractivity contribution < 1.29 is 9.53 Å². The largest absolute Gasteiger partial charge is 0.480 e. The number of likely N-dealkylation sites (tertiary alicyclic amines) is 1. The number of rotatable bonds is 8. The number of para-hydroxylation sites is 1. The number of hydrogen-bond donors (Lipinski definition) is 2. The SMILES string of the molecule is N#C/N=C(/NCCCCCC1CCN(C(=O)C2Cc3ccccc3O2)C1)Nc1ccncc1. The van der Waals surface area contributed by atoms with Crippen LogP contribution in [0.4, 0.5) is 5.69 Å². The van der Waals surface area contributed by atoms with Crippen LogP contribution in [-0.4, -0.2) is 47.5 Å². The number of unbranched alkanes of at least 4 members (excludes halogenated alkanes) is 2. The molecule has 8 nitrogen and oxygen atoms in total. The summed E-state index contributed by atoms with van der Waals surface area (Å²) in [4.78, 5) is 22.6. The molecular formula is C25H30N6O2. The lowest BCUT2D eigenvalue weighted by Crippen LogP contribution is -2.40. The van der Waals surface area contributed by atoms with E-state index in [4.69, 9.17) is 10.00 Å². The fraction of sp³-hybridized carbons (Fsp3) is 0.440. The molecule has 0 aliphatic carbocycles. The third kappa shape index (κ3) is 6.22. The Morgan fingerprint density at radius 2 is 2.06 bits per heavy atom. The summed E-state index contributed by atoms with van der Waals surface area (Å²) in [6, 6.07) is 11.6. The maximum absolute atomic E-state index is 12.9. The topological polar surface area (TPSA) is 103 Å². The van der Waals surface area contributed by atoms with Crippen molar-refractivity contribution in [3.05, 3.63) is 54.4 Å². The van der Waals surface area contributed by atoms with E-state index in [2.05, 4.69) is 20.6 Å². The standard InChI is InChI=1S/C25H30N6O2/c26-18-29-25(30-21-9-13-27-14-10-21)28-12-5-1-2-6-19-11-15-31(17-19)24(32)23-16-20-7-3-4-8-22(20)33-23/h3-4,7-10,13-14,19,23H,1-2,5-6,11-12,15-17H2,(H2,27,28,29,30). The lowest BCUT2D eigenvalue weighted by Gasteiger charge is -2.20. The minimum atomic E-state index is -0.364. The van der Waals surface area contributed by atoms with Crippen molar-refractivity contribution in [2.45, 2.75) is 44.6 Å². The number of hydrogen-bond acceptors (Lipinski definition) is 5. The molecule has 1 aromatic carbocycles. The average Bonchev–Trinajstić information content (AvgIpc) is 3.49. The van der Waals surface area contributed by atoms with Crippen molar-refractivity contribution in [2.24, 2.45) is 10.9 Å². The second-order valence-electron chi connectivity index (χ2n) is 8.55. The number of aliphatic imine (C=N–C) groups is 1. The molecule has 2 aliphatic rings. The van der Waals surface area contributed by atoms with Gasteiger partial charge in [0.1, 0.15) is 5.75 Å². The second kappa shape index (κ2) is 11.3. The van der Waals surface area contributed by atoms with Crippen LogP contribution in [0.3, 0.4) is 0 Å². The van der Waals surface area contributed by atoms with Crippen LogP contribution in [0.25, 0.3) is 0 Å². The number of nitriles is 1. The van der Waals surface area contributed by atoms with Gasteiger partial charge in [-0.3, -0.25) is 9.78 Å². The number of nitrogens with one attached hydrogen (secondary N) is 2. The van der Waals surface area contributed by atoms with Gasteiger partial charge < -0.3 is 20.3 Å². The van der Waals surface area contributed by atoms with Gasteiger partial charge in [0, 0.05) is 44.1 Å². The lowest BCUT2D eigenvalue weighted by molar-refractivity contribution is -0.136. The van der Waals surface area contributed by atoms with Crippen LogP contribution in [-0.2, 0) is 11.2 Å². The van der Waals surface area contributed by atoms with Gasteiger partial charge >= 0.3 is 0 Å². The molecule has 0 saturated carbocycles. The van der Waals surface area contributed by atoms with Gasteiger partial charge in [0.05, 0.1) is 0 Å². The Balaban J connectivity index is 1.11. The zero-order chi connectivity index (χ0) is 22.9. The summed E-state index contributed by atoms with van der Waals surface area (Å²) in [5.41, 5.74) is 1.96. The molecule has 1 saturated heterocycles. The molecule has 4 rings (SSSR count). The Kier molecular flexibility index (Phi) is 7.75. The number of fused-ring (bicyclic) bond motifs is 1. The fourth-order valence-corrected chi connectivity index (χ4v) is 4.47. The predicted octanol–water partition coefficient (Wildman–Crippen LogP) is 3.33. The predicted molar refractivity (Wildman–Crippen MR) is 127 cm³/mol. The highest BCUT2D eigenvalue weighted by Crippen LogP contribution is 2.30. The van der Waals surface area contributed by atoms with Gasteiger partial charge in [-0.25, -0.2) is 0 Å². The Morgan fingerprint density at radius 1 is 1.21 bits per heavy atom. The van der Waals surface area contributed by atoms with Crippen molar-refractivity contribution in [1.82, 2.24) is 15.2 Å². The summed E-state index contributed by atoms with van der Waals surface area (Å²) >= 11 is 0. The number of anilines is 1. The van der Waals surface area contributed by atoms with E-state index < -0.39 is 0 Å². The van der Waals surface area contributed by atoms with Crippen LogP contribution >= 0.6 is 0 Å². The van der Waals surface area contributed by atoms with E-state index >= 15 is 0 Å². The van der Waals surface area contributed by atoms with E-state index in [-0.39, 0.29) is 12.0 Å². The van der Waals surface area contributed by atoms with Gasteiger partial charge in [0.2, 0.25) is 12.2 Å². The Morgan fingerprint density at radius 3 is 2.88 bits per heavy atom.